The first kappa shape index (κ1) is 20.9. The number of phenolic OH excluding ortho intramolecular Hbond substituents is 2. The smallest absolute Gasteiger partial charge is 0.224 e. The molecule has 0 aromatic heterocycles. The third kappa shape index (κ3) is 5.15. The normalized spacial score (nSPS) is 16.3. The van der Waals surface area contributed by atoms with E-state index in [-0.39, 0.29) is 29.1 Å². The summed E-state index contributed by atoms with van der Waals surface area (Å²) in [6, 6.07) is 10.7. The van der Waals surface area contributed by atoms with Crippen LogP contribution < -0.4 is 5.32 Å². The summed E-state index contributed by atoms with van der Waals surface area (Å²) in [4.78, 5) is 25.6. The molecule has 0 radical (unpaired) electrons. The summed E-state index contributed by atoms with van der Waals surface area (Å²) < 4.78 is 0. The predicted octanol–water partition coefficient (Wildman–Crippen LogP) is 3.76. The fraction of sp³-hybridized carbons (Fsp3) is 0.391. The molecular formula is C23H28N2O4. The first-order valence-electron chi connectivity index (χ1n) is 9.96. The van der Waals surface area contributed by atoms with E-state index in [1.54, 1.807) is 13.0 Å². The highest BCUT2D eigenvalue weighted by atomic mass is 16.3. The molecule has 2 aromatic carbocycles. The number of unbranched alkanes of at least 4 members (excludes halogenated alkanes) is 1. The van der Waals surface area contributed by atoms with Crippen LogP contribution in [0.2, 0.25) is 0 Å². The maximum absolute atomic E-state index is 12.4. The fourth-order valence-electron chi connectivity index (χ4n) is 3.94. The summed E-state index contributed by atoms with van der Waals surface area (Å²) in [5.74, 6) is 0.0915. The van der Waals surface area contributed by atoms with E-state index < -0.39 is 0 Å². The van der Waals surface area contributed by atoms with Crippen LogP contribution in [0.3, 0.4) is 0 Å². The minimum Gasteiger partial charge on any atom is -0.508 e. The highest BCUT2D eigenvalue weighted by Gasteiger charge is 2.29. The van der Waals surface area contributed by atoms with Gasteiger partial charge in [-0.25, -0.2) is 0 Å². The molecule has 1 aliphatic rings. The van der Waals surface area contributed by atoms with Gasteiger partial charge in [0.2, 0.25) is 5.91 Å². The third-order valence-electron chi connectivity index (χ3n) is 5.34. The monoisotopic (exact) mass is 396 g/mol. The van der Waals surface area contributed by atoms with Crippen LogP contribution in [0.5, 0.6) is 11.5 Å². The highest BCUT2D eigenvalue weighted by Crippen LogP contribution is 2.41. The summed E-state index contributed by atoms with van der Waals surface area (Å²) in [5.41, 5.74) is 3.36. The molecule has 6 nitrogen and oxygen atoms in total. The largest absolute Gasteiger partial charge is 0.508 e. The van der Waals surface area contributed by atoms with Crippen molar-refractivity contribution in [1.29, 1.82) is 0 Å². The number of fused-ring (bicyclic) bond motifs is 1. The Balaban J connectivity index is 1.82. The van der Waals surface area contributed by atoms with Crippen LogP contribution in [0.25, 0.3) is 0 Å². The zero-order valence-corrected chi connectivity index (χ0v) is 16.9. The number of benzene rings is 2. The minimum absolute atomic E-state index is 0.0304. The predicted molar refractivity (Wildman–Crippen MR) is 112 cm³/mol. The minimum atomic E-state index is -0.0871. The van der Waals surface area contributed by atoms with Gasteiger partial charge >= 0.3 is 0 Å². The first-order chi connectivity index (χ1) is 13.8. The van der Waals surface area contributed by atoms with Gasteiger partial charge in [-0.2, -0.15) is 0 Å². The molecule has 0 bridgehead atoms. The summed E-state index contributed by atoms with van der Waals surface area (Å²) in [7, 11) is 1.98. The molecule has 1 unspecified atom stereocenters. The molecule has 154 valence electrons. The zero-order chi connectivity index (χ0) is 21.0. The number of Topliss-reactive ketones (excluding diaryl/α,β-unsaturated/α-hetero) is 1. The molecule has 1 atom stereocenters. The van der Waals surface area contributed by atoms with Crippen molar-refractivity contribution in [3.05, 3.63) is 53.1 Å². The van der Waals surface area contributed by atoms with Gasteiger partial charge in [-0.3, -0.25) is 4.79 Å². The number of nitrogens with one attached hydrogen (secondary N) is 1. The number of carbonyl (C=O) groups excluding carboxylic acids is 2. The number of amides is 1. The molecule has 1 aliphatic heterocycles. The van der Waals surface area contributed by atoms with Gasteiger partial charge in [-0.1, -0.05) is 18.2 Å². The van der Waals surface area contributed by atoms with Gasteiger partial charge in [-0.15, -0.1) is 0 Å². The molecule has 3 N–H and O–H groups in total. The molecule has 1 amide bonds. The van der Waals surface area contributed by atoms with Gasteiger partial charge in [0.1, 0.15) is 17.3 Å². The lowest BCUT2D eigenvalue weighted by Gasteiger charge is -2.34. The van der Waals surface area contributed by atoms with Gasteiger partial charge < -0.3 is 25.2 Å². The number of rotatable bonds is 7. The first-order valence-corrected chi connectivity index (χ1v) is 9.96. The van der Waals surface area contributed by atoms with Crippen LogP contribution in [0.1, 0.15) is 55.2 Å². The SMILES string of the molecule is CC(=O)CCCCC(=O)Nc1ccccc1C1CN(C)Cc2c(O)cc(O)cc21. The average Bonchev–Trinajstić information content (AvgIpc) is 2.66. The molecule has 0 saturated heterocycles. The van der Waals surface area contributed by atoms with E-state index >= 15 is 0 Å². The Morgan fingerprint density at radius 2 is 1.83 bits per heavy atom. The van der Waals surface area contributed by atoms with Crippen LogP contribution in [-0.2, 0) is 16.1 Å². The van der Waals surface area contributed by atoms with Gasteiger partial charge in [0.15, 0.2) is 0 Å². The summed E-state index contributed by atoms with van der Waals surface area (Å²) in [6.45, 7) is 2.87. The molecule has 0 saturated carbocycles. The molecule has 1 heterocycles. The summed E-state index contributed by atoms with van der Waals surface area (Å²) in [6.07, 6.45) is 2.25. The topological polar surface area (TPSA) is 89.9 Å². The van der Waals surface area contributed by atoms with E-state index in [9.17, 15) is 19.8 Å². The van der Waals surface area contributed by atoms with Gasteiger partial charge in [0.05, 0.1) is 0 Å². The van der Waals surface area contributed by atoms with Crippen molar-refractivity contribution in [2.45, 2.75) is 45.1 Å². The van der Waals surface area contributed by atoms with E-state index in [2.05, 4.69) is 10.2 Å². The van der Waals surface area contributed by atoms with E-state index in [1.165, 1.54) is 6.07 Å². The van der Waals surface area contributed by atoms with E-state index in [0.29, 0.717) is 38.8 Å². The second-order valence-corrected chi connectivity index (χ2v) is 7.83. The number of phenols is 2. The molecule has 29 heavy (non-hydrogen) atoms. The molecule has 3 rings (SSSR count). The van der Waals surface area contributed by atoms with Crippen LogP contribution in [0.4, 0.5) is 5.69 Å². The van der Waals surface area contributed by atoms with Crippen molar-refractivity contribution in [1.82, 2.24) is 4.90 Å². The average molecular weight is 396 g/mol. The molecule has 0 aliphatic carbocycles. The second-order valence-electron chi connectivity index (χ2n) is 7.83. The standard InChI is InChI=1S/C23H28N2O4/c1-15(26)7-3-6-10-23(29)24-21-9-5-4-8-17(21)19-13-25(2)14-20-18(19)11-16(27)12-22(20)28/h4-5,8-9,11-12,19,27-28H,3,6-7,10,13-14H2,1-2H3,(H,24,29). The molecule has 0 fully saturated rings. The van der Waals surface area contributed by atoms with E-state index in [4.69, 9.17) is 0 Å². The van der Waals surface area contributed by atoms with Crippen molar-refractivity contribution in [2.75, 3.05) is 18.9 Å². The Hall–Kier alpha value is -2.86. The number of para-hydroxylation sites is 1. The lowest BCUT2D eigenvalue weighted by molar-refractivity contribution is -0.118. The maximum Gasteiger partial charge on any atom is 0.224 e. The number of aromatic hydroxyl groups is 2. The number of hydrogen-bond donors (Lipinski definition) is 3. The molecule has 2 aromatic rings. The fourth-order valence-corrected chi connectivity index (χ4v) is 3.94. The van der Waals surface area contributed by atoms with E-state index in [1.807, 2.05) is 31.3 Å². The Morgan fingerprint density at radius 1 is 1.10 bits per heavy atom. The van der Waals surface area contributed by atoms with Crippen LogP contribution in [-0.4, -0.2) is 40.4 Å². The number of likely N-dealkylation sites (N-methyl/N-ethyl adjacent to an activating group) is 1. The van der Waals surface area contributed by atoms with Gasteiger partial charge in [0.25, 0.3) is 0 Å². The lowest BCUT2D eigenvalue weighted by atomic mass is 9.83. The number of anilines is 1. The quantitative estimate of drug-likeness (QED) is 0.620. The molecule has 0 spiro atoms. The lowest BCUT2D eigenvalue weighted by Crippen LogP contribution is -2.31. The zero-order valence-electron chi connectivity index (χ0n) is 16.9. The number of hydrogen-bond acceptors (Lipinski definition) is 5. The van der Waals surface area contributed by atoms with Crippen molar-refractivity contribution in [2.24, 2.45) is 0 Å². The van der Waals surface area contributed by atoms with Gasteiger partial charge in [-0.05, 0) is 50.1 Å². The van der Waals surface area contributed by atoms with Crippen molar-refractivity contribution in [3.8, 4) is 11.5 Å². The van der Waals surface area contributed by atoms with Crippen molar-refractivity contribution in [3.63, 3.8) is 0 Å². The number of ketones is 1. The molecular weight excluding hydrogens is 368 g/mol. The summed E-state index contributed by atoms with van der Waals surface area (Å²) >= 11 is 0. The maximum atomic E-state index is 12.4. The Bertz CT molecular complexity index is 910. The van der Waals surface area contributed by atoms with Crippen molar-refractivity contribution >= 4 is 17.4 Å². The summed E-state index contributed by atoms with van der Waals surface area (Å²) in [5, 5.41) is 23.3. The highest BCUT2D eigenvalue weighted by molar-refractivity contribution is 5.91. The number of carbonyl (C=O) groups is 2. The van der Waals surface area contributed by atoms with Crippen LogP contribution in [0, 0.1) is 0 Å². The Labute approximate surface area is 171 Å². The Kier molecular flexibility index (Phi) is 6.54. The van der Waals surface area contributed by atoms with E-state index in [0.717, 1.165) is 22.4 Å². The van der Waals surface area contributed by atoms with Gasteiger partial charge in [0, 0.05) is 49.2 Å². The second kappa shape index (κ2) is 9.09. The van der Waals surface area contributed by atoms with Crippen molar-refractivity contribution < 1.29 is 19.8 Å². The third-order valence-corrected chi connectivity index (χ3v) is 5.34. The number of nitrogens with zero attached hydrogens (tertiary/aromatic N) is 1. The molecule has 6 heteroatoms. The van der Waals surface area contributed by atoms with Crippen LogP contribution in [0.15, 0.2) is 36.4 Å². The Morgan fingerprint density at radius 3 is 2.59 bits per heavy atom. The van der Waals surface area contributed by atoms with Crippen LogP contribution >= 0.6 is 0 Å².